The molecule has 2 fully saturated rings. The summed E-state index contributed by atoms with van der Waals surface area (Å²) in [4.78, 5) is 9.55. The zero-order valence-electron chi connectivity index (χ0n) is 16.9. The molecular formula is C24H33N3. The van der Waals surface area contributed by atoms with Crippen molar-refractivity contribution in [3.8, 4) is 0 Å². The lowest BCUT2D eigenvalue weighted by atomic mass is 9.71. The van der Waals surface area contributed by atoms with Crippen molar-refractivity contribution in [1.82, 2.24) is 14.8 Å². The normalized spacial score (nSPS) is 22.9. The van der Waals surface area contributed by atoms with Gasteiger partial charge in [-0.2, -0.15) is 0 Å². The molecule has 1 saturated heterocycles. The van der Waals surface area contributed by atoms with Crippen LogP contribution in [0.15, 0.2) is 42.6 Å². The summed E-state index contributed by atoms with van der Waals surface area (Å²) in [5.41, 5.74) is 5.52. The van der Waals surface area contributed by atoms with E-state index in [1.54, 1.807) is 5.56 Å². The van der Waals surface area contributed by atoms with Gasteiger partial charge in [0.1, 0.15) is 0 Å². The van der Waals surface area contributed by atoms with Gasteiger partial charge in [-0.3, -0.25) is 9.88 Å². The van der Waals surface area contributed by atoms with Gasteiger partial charge in [0.15, 0.2) is 0 Å². The van der Waals surface area contributed by atoms with E-state index in [4.69, 9.17) is 0 Å². The molecule has 0 radical (unpaired) electrons. The molecule has 0 N–H and O–H groups in total. The number of rotatable bonds is 7. The Morgan fingerprint density at radius 3 is 2.52 bits per heavy atom. The second-order valence-electron chi connectivity index (χ2n) is 8.72. The fraction of sp³-hybridized carbons (Fsp3) is 0.542. The predicted molar refractivity (Wildman–Crippen MR) is 112 cm³/mol. The maximum Gasteiger partial charge on any atom is 0.0572 e. The zero-order chi connectivity index (χ0) is 18.6. The standard InChI is InChI=1S/C24H33N3/c1-19-6-5-11-25-24(19)18-26(2)16-21-14-23(15-21)22-9-7-20(8-10-22)17-27-12-3-4-13-27/h5-11,21,23H,3-4,12-18H2,1-2H3. The van der Waals surface area contributed by atoms with Crippen molar-refractivity contribution in [2.24, 2.45) is 5.92 Å². The highest BCUT2D eigenvalue weighted by Gasteiger charge is 2.31. The predicted octanol–water partition coefficient (Wildman–Crippen LogP) is 4.61. The van der Waals surface area contributed by atoms with E-state index in [1.165, 1.54) is 62.1 Å². The molecule has 1 saturated carbocycles. The molecule has 2 aliphatic rings. The number of benzene rings is 1. The maximum atomic E-state index is 4.53. The first kappa shape index (κ1) is 18.6. The van der Waals surface area contributed by atoms with Gasteiger partial charge in [-0.15, -0.1) is 0 Å². The Balaban J connectivity index is 1.22. The van der Waals surface area contributed by atoms with Gasteiger partial charge in [-0.1, -0.05) is 30.3 Å². The van der Waals surface area contributed by atoms with Crippen molar-refractivity contribution in [3.63, 3.8) is 0 Å². The summed E-state index contributed by atoms with van der Waals surface area (Å²) < 4.78 is 0. The number of aromatic nitrogens is 1. The summed E-state index contributed by atoms with van der Waals surface area (Å²) in [6.07, 6.45) is 7.31. The molecule has 0 spiro atoms. The van der Waals surface area contributed by atoms with Gasteiger partial charge in [-0.05, 0) is 87.3 Å². The minimum Gasteiger partial charge on any atom is -0.300 e. The highest BCUT2D eigenvalue weighted by atomic mass is 15.1. The molecule has 0 unspecified atom stereocenters. The second kappa shape index (κ2) is 8.53. The van der Waals surface area contributed by atoms with Gasteiger partial charge in [0.25, 0.3) is 0 Å². The van der Waals surface area contributed by atoms with Crippen molar-refractivity contribution < 1.29 is 0 Å². The quantitative estimate of drug-likeness (QED) is 0.716. The smallest absolute Gasteiger partial charge is 0.0572 e. The Morgan fingerprint density at radius 1 is 1.07 bits per heavy atom. The van der Waals surface area contributed by atoms with Crippen LogP contribution >= 0.6 is 0 Å². The second-order valence-corrected chi connectivity index (χ2v) is 8.72. The maximum absolute atomic E-state index is 4.53. The summed E-state index contributed by atoms with van der Waals surface area (Å²) in [7, 11) is 2.23. The molecule has 1 aromatic carbocycles. The van der Waals surface area contributed by atoms with Crippen LogP contribution in [0, 0.1) is 12.8 Å². The van der Waals surface area contributed by atoms with E-state index in [9.17, 15) is 0 Å². The molecule has 1 aliphatic heterocycles. The average Bonchev–Trinajstić information content (AvgIpc) is 3.14. The molecule has 4 rings (SSSR count). The molecule has 1 aliphatic carbocycles. The van der Waals surface area contributed by atoms with Gasteiger partial charge in [0, 0.05) is 25.8 Å². The number of pyridine rings is 1. The number of hydrogen-bond donors (Lipinski definition) is 0. The van der Waals surface area contributed by atoms with Crippen LogP contribution in [-0.2, 0) is 13.1 Å². The highest BCUT2D eigenvalue weighted by Crippen LogP contribution is 2.42. The number of likely N-dealkylation sites (tertiary alicyclic amines) is 1. The molecule has 3 heteroatoms. The van der Waals surface area contributed by atoms with Gasteiger partial charge < -0.3 is 4.90 Å². The molecule has 0 bridgehead atoms. The molecule has 27 heavy (non-hydrogen) atoms. The number of nitrogens with zero attached hydrogens (tertiary/aromatic N) is 3. The Hall–Kier alpha value is -1.71. The summed E-state index contributed by atoms with van der Waals surface area (Å²) in [5.74, 6) is 1.59. The summed E-state index contributed by atoms with van der Waals surface area (Å²) in [6.45, 7) is 7.97. The first-order valence-electron chi connectivity index (χ1n) is 10.6. The van der Waals surface area contributed by atoms with E-state index in [2.05, 4.69) is 59.1 Å². The first-order chi connectivity index (χ1) is 13.2. The van der Waals surface area contributed by atoms with Crippen molar-refractivity contribution in [2.75, 3.05) is 26.7 Å². The summed E-state index contributed by atoms with van der Waals surface area (Å²) >= 11 is 0. The highest BCUT2D eigenvalue weighted by molar-refractivity contribution is 5.27. The lowest BCUT2D eigenvalue weighted by molar-refractivity contribution is 0.175. The lowest BCUT2D eigenvalue weighted by Crippen LogP contribution is -2.33. The fourth-order valence-corrected chi connectivity index (χ4v) is 4.70. The van der Waals surface area contributed by atoms with Crippen LogP contribution in [0.3, 0.4) is 0 Å². The summed E-state index contributed by atoms with van der Waals surface area (Å²) in [5, 5.41) is 0. The molecular weight excluding hydrogens is 330 g/mol. The largest absolute Gasteiger partial charge is 0.300 e. The minimum atomic E-state index is 0.765. The van der Waals surface area contributed by atoms with E-state index in [1.807, 2.05) is 12.3 Å². The van der Waals surface area contributed by atoms with E-state index in [0.717, 1.165) is 24.9 Å². The molecule has 1 aromatic heterocycles. The van der Waals surface area contributed by atoms with Gasteiger partial charge in [0.05, 0.1) is 5.69 Å². The van der Waals surface area contributed by atoms with Crippen LogP contribution < -0.4 is 0 Å². The molecule has 3 nitrogen and oxygen atoms in total. The van der Waals surface area contributed by atoms with Crippen molar-refractivity contribution in [2.45, 2.75) is 51.6 Å². The van der Waals surface area contributed by atoms with Crippen LogP contribution in [0.2, 0.25) is 0 Å². The Labute approximate surface area is 164 Å². The summed E-state index contributed by atoms with van der Waals surface area (Å²) in [6, 6.07) is 13.7. The Kier molecular flexibility index (Phi) is 5.89. The van der Waals surface area contributed by atoms with Crippen LogP contribution in [0.1, 0.15) is 54.0 Å². The van der Waals surface area contributed by atoms with Crippen molar-refractivity contribution in [1.29, 1.82) is 0 Å². The molecule has 0 amide bonds. The van der Waals surface area contributed by atoms with Gasteiger partial charge in [-0.25, -0.2) is 0 Å². The Morgan fingerprint density at radius 2 is 1.81 bits per heavy atom. The SMILES string of the molecule is Cc1cccnc1CN(C)CC1CC(c2ccc(CN3CCCC3)cc2)C1. The number of hydrogen-bond acceptors (Lipinski definition) is 3. The van der Waals surface area contributed by atoms with Crippen LogP contribution in [0.4, 0.5) is 0 Å². The molecule has 144 valence electrons. The number of aryl methyl sites for hydroxylation is 1. The van der Waals surface area contributed by atoms with E-state index < -0.39 is 0 Å². The van der Waals surface area contributed by atoms with E-state index >= 15 is 0 Å². The van der Waals surface area contributed by atoms with Gasteiger partial charge >= 0.3 is 0 Å². The first-order valence-corrected chi connectivity index (χ1v) is 10.6. The van der Waals surface area contributed by atoms with Gasteiger partial charge in [0.2, 0.25) is 0 Å². The van der Waals surface area contributed by atoms with Crippen LogP contribution in [0.25, 0.3) is 0 Å². The topological polar surface area (TPSA) is 19.4 Å². The van der Waals surface area contributed by atoms with E-state index in [-0.39, 0.29) is 0 Å². The monoisotopic (exact) mass is 363 g/mol. The lowest BCUT2D eigenvalue weighted by Gasteiger charge is -2.38. The zero-order valence-corrected chi connectivity index (χ0v) is 16.9. The van der Waals surface area contributed by atoms with Crippen molar-refractivity contribution in [3.05, 3.63) is 65.0 Å². The van der Waals surface area contributed by atoms with Crippen LogP contribution in [0.5, 0.6) is 0 Å². The third-order valence-corrected chi connectivity index (χ3v) is 6.40. The fourth-order valence-electron chi connectivity index (χ4n) is 4.70. The third-order valence-electron chi connectivity index (χ3n) is 6.40. The molecule has 2 heterocycles. The third kappa shape index (κ3) is 4.77. The van der Waals surface area contributed by atoms with E-state index in [0.29, 0.717) is 0 Å². The minimum absolute atomic E-state index is 0.765. The molecule has 0 atom stereocenters. The van der Waals surface area contributed by atoms with Crippen molar-refractivity contribution >= 4 is 0 Å². The molecule has 2 aromatic rings. The Bertz CT molecular complexity index is 728. The van der Waals surface area contributed by atoms with Crippen LogP contribution in [-0.4, -0.2) is 41.5 Å². The average molecular weight is 364 g/mol.